The zero-order chi connectivity index (χ0) is 20.9. The molecule has 0 radical (unpaired) electrons. The van der Waals surface area contributed by atoms with Gasteiger partial charge in [-0.2, -0.15) is 13.2 Å². The van der Waals surface area contributed by atoms with Crippen LogP contribution < -0.4 is 10.2 Å². The smallest absolute Gasteiger partial charge is 0.370 e. The number of nitrogens with one attached hydrogen (secondary N) is 1. The van der Waals surface area contributed by atoms with Gasteiger partial charge in [0, 0.05) is 27.2 Å². The molecular weight excluding hydrogens is 373 g/mol. The molecule has 1 saturated heterocycles. The largest absolute Gasteiger partial charge is 0.416 e. The van der Waals surface area contributed by atoms with Crippen LogP contribution in [0.1, 0.15) is 24.8 Å². The van der Waals surface area contributed by atoms with Gasteiger partial charge in [-0.15, -0.1) is 0 Å². The summed E-state index contributed by atoms with van der Waals surface area (Å²) < 4.78 is 39.4. The van der Waals surface area contributed by atoms with E-state index in [9.17, 15) is 22.8 Å². The topological polar surface area (TPSA) is 55.9 Å². The second-order valence-corrected chi connectivity index (χ2v) is 7.29. The predicted molar refractivity (Wildman–Crippen MR) is 102 cm³/mol. The van der Waals surface area contributed by atoms with Gasteiger partial charge in [0.05, 0.1) is 30.0 Å². The minimum atomic E-state index is -4.49. The molecule has 0 aliphatic carbocycles. The van der Waals surface area contributed by atoms with Crippen molar-refractivity contribution in [2.45, 2.75) is 25.4 Å². The molecule has 1 heterocycles. The van der Waals surface area contributed by atoms with Crippen LogP contribution in [0, 0.1) is 0 Å². The Balaban J connectivity index is 2.16. The number of halogens is 3. The Bertz CT molecular complexity index is 701. The highest BCUT2D eigenvalue weighted by Crippen LogP contribution is 2.36. The third-order valence-corrected chi connectivity index (χ3v) is 4.61. The summed E-state index contributed by atoms with van der Waals surface area (Å²) >= 11 is 0. The van der Waals surface area contributed by atoms with Crippen LogP contribution in [0.15, 0.2) is 18.2 Å². The second kappa shape index (κ2) is 9.27. The molecule has 9 heteroatoms. The van der Waals surface area contributed by atoms with Crippen molar-refractivity contribution >= 4 is 23.2 Å². The van der Waals surface area contributed by atoms with Gasteiger partial charge in [0.2, 0.25) is 11.8 Å². The molecule has 0 unspecified atom stereocenters. The van der Waals surface area contributed by atoms with Gasteiger partial charge >= 0.3 is 6.18 Å². The molecule has 0 aromatic heterocycles. The fourth-order valence-corrected chi connectivity index (χ4v) is 3.09. The van der Waals surface area contributed by atoms with Crippen molar-refractivity contribution in [2.75, 3.05) is 57.5 Å². The van der Waals surface area contributed by atoms with Crippen molar-refractivity contribution in [3.05, 3.63) is 23.8 Å². The molecular formula is C19H27F3N4O2. The summed E-state index contributed by atoms with van der Waals surface area (Å²) in [4.78, 5) is 29.1. The molecule has 156 valence electrons. The lowest BCUT2D eigenvalue weighted by Gasteiger charge is -2.31. The molecule has 6 nitrogen and oxygen atoms in total. The molecule has 0 atom stereocenters. The first-order valence-electron chi connectivity index (χ1n) is 9.22. The van der Waals surface area contributed by atoms with Crippen LogP contribution in [0.2, 0.25) is 0 Å². The van der Waals surface area contributed by atoms with Crippen molar-refractivity contribution < 1.29 is 22.8 Å². The summed E-state index contributed by atoms with van der Waals surface area (Å²) in [6.45, 7) is 1.42. The Labute approximate surface area is 163 Å². The Hall–Kier alpha value is -2.29. The lowest BCUT2D eigenvalue weighted by molar-refractivity contribution is -0.137. The van der Waals surface area contributed by atoms with E-state index in [1.54, 1.807) is 21.1 Å². The number of hydrogen-bond acceptors (Lipinski definition) is 4. The van der Waals surface area contributed by atoms with Crippen LogP contribution in [0.4, 0.5) is 24.5 Å². The first kappa shape index (κ1) is 22.0. The maximum atomic E-state index is 13.1. The summed E-state index contributed by atoms with van der Waals surface area (Å²) in [5.41, 5.74) is -0.0677. The molecule has 1 aliphatic heterocycles. The third-order valence-electron chi connectivity index (χ3n) is 4.61. The predicted octanol–water partition coefficient (Wildman–Crippen LogP) is 2.65. The number of nitrogens with zero attached hydrogens (tertiary/aromatic N) is 3. The van der Waals surface area contributed by atoms with Gasteiger partial charge in [0.15, 0.2) is 0 Å². The van der Waals surface area contributed by atoms with E-state index in [1.807, 2.05) is 4.90 Å². The van der Waals surface area contributed by atoms with E-state index >= 15 is 0 Å². The van der Waals surface area contributed by atoms with Gasteiger partial charge in [-0.25, -0.2) is 0 Å². The van der Waals surface area contributed by atoms with Crippen LogP contribution in [-0.4, -0.2) is 68.9 Å². The molecule has 1 N–H and O–H groups in total. The van der Waals surface area contributed by atoms with Crippen LogP contribution in [0.3, 0.4) is 0 Å². The Morgan fingerprint density at radius 3 is 2.29 bits per heavy atom. The van der Waals surface area contributed by atoms with E-state index in [2.05, 4.69) is 5.32 Å². The van der Waals surface area contributed by atoms with E-state index in [-0.39, 0.29) is 24.7 Å². The van der Waals surface area contributed by atoms with Crippen LogP contribution in [0.5, 0.6) is 0 Å². The summed E-state index contributed by atoms with van der Waals surface area (Å²) in [6, 6.07) is 3.44. The summed E-state index contributed by atoms with van der Waals surface area (Å²) in [7, 11) is 4.84. The summed E-state index contributed by atoms with van der Waals surface area (Å²) in [6.07, 6.45) is -1.48. The SMILES string of the molecule is CN(CC(=O)Nc1cc(C(F)(F)F)ccc1N1CCCCC1)CC(=O)N(C)C. The van der Waals surface area contributed by atoms with Gasteiger partial charge in [0.25, 0.3) is 0 Å². The van der Waals surface area contributed by atoms with Crippen molar-refractivity contribution in [1.29, 1.82) is 0 Å². The first-order chi connectivity index (χ1) is 13.1. The Morgan fingerprint density at radius 1 is 1.07 bits per heavy atom. The highest BCUT2D eigenvalue weighted by Gasteiger charge is 2.32. The van der Waals surface area contributed by atoms with Crippen molar-refractivity contribution in [2.24, 2.45) is 0 Å². The lowest BCUT2D eigenvalue weighted by Crippen LogP contribution is -2.38. The number of hydrogen-bond donors (Lipinski definition) is 1. The minimum absolute atomic E-state index is 0.0436. The zero-order valence-corrected chi connectivity index (χ0v) is 16.5. The molecule has 1 aromatic rings. The average Bonchev–Trinajstić information content (AvgIpc) is 2.61. The van der Waals surface area contributed by atoms with E-state index in [4.69, 9.17) is 0 Å². The van der Waals surface area contributed by atoms with E-state index in [0.29, 0.717) is 5.69 Å². The number of amides is 2. The molecule has 1 aromatic carbocycles. The standard InChI is InChI=1S/C19H27F3N4O2/c1-24(2)18(28)13-25(3)12-17(27)23-15-11-14(19(20,21)22)7-8-16(15)26-9-5-4-6-10-26/h7-8,11H,4-6,9-10,12-13H2,1-3H3,(H,23,27). The molecule has 2 rings (SSSR count). The second-order valence-electron chi connectivity index (χ2n) is 7.29. The Kier molecular flexibility index (Phi) is 7.29. The van der Waals surface area contributed by atoms with Crippen LogP contribution in [0.25, 0.3) is 0 Å². The maximum Gasteiger partial charge on any atom is 0.416 e. The molecule has 0 saturated carbocycles. The Morgan fingerprint density at radius 2 is 1.71 bits per heavy atom. The van der Waals surface area contributed by atoms with E-state index in [1.165, 1.54) is 15.9 Å². The van der Waals surface area contributed by atoms with Crippen LogP contribution >= 0.6 is 0 Å². The average molecular weight is 400 g/mol. The number of benzene rings is 1. The molecule has 2 amide bonds. The van der Waals surface area contributed by atoms with E-state index < -0.39 is 17.6 Å². The van der Waals surface area contributed by atoms with Gasteiger partial charge in [0.1, 0.15) is 0 Å². The molecule has 0 spiro atoms. The first-order valence-corrected chi connectivity index (χ1v) is 9.22. The van der Waals surface area contributed by atoms with Crippen molar-refractivity contribution in [1.82, 2.24) is 9.80 Å². The number of alkyl halides is 3. The minimum Gasteiger partial charge on any atom is -0.370 e. The molecule has 1 fully saturated rings. The third kappa shape index (κ3) is 6.12. The maximum absolute atomic E-state index is 13.1. The summed E-state index contributed by atoms with van der Waals surface area (Å²) in [5, 5.41) is 2.61. The van der Waals surface area contributed by atoms with Gasteiger partial charge in [-0.3, -0.25) is 14.5 Å². The molecule has 1 aliphatic rings. The zero-order valence-electron chi connectivity index (χ0n) is 16.5. The lowest BCUT2D eigenvalue weighted by atomic mass is 10.1. The molecule has 0 bridgehead atoms. The number of rotatable bonds is 6. The number of likely N-dealkylation sites (N-methyl/N-ethyl adjacent to an activating group) is 2. The van der Waals surface area contributed by atoms with Gasteiger partial charge < -0.3 is 15.1 Å². The normalized spacial score (nSPS) is 14.9. The van der Waals surface area contributed by atoms with Crippen LogP contribution in [-0.2, 0) is 15.8 Å². The van der Waals surface area contributed by atoms with E-state index in [0.717, 1.165) is 44.5 Å². The summed E-state index contributed by atoms with van der Waals surface area (Å²) in [5.74, 6) is -0.630. The van der Waals surface area contributed by atoms with Crippen molar-refractivity contribution in [3.8, 4) is 0 Å². The number of carbonyl (C=O) groups excluding carboxylic acids is 2. The van der Waals surface area contributed by atoms with Gasteiger partial charge in [-0.05, 0) is 44.5 Å². The van der Waals surface area contributed by atoms with Gasteiger partial charge in [-0.1, -0.05) is 0 Å². The quantitative estimate of drug-likeness (QED) is 0.798. The fourth-order valence-electron chi connectivity index (χ4n) is 3.09. The van der Waals surface area contributed by atoms with Crippen molar-refractivity contribution in [3.63, 3.8) is 0 Å². The molecule has 28 heavy (non-hydrogen) atoms. The monoisotopic (exact) mass is 400 g/mol. The highest BCUT2D eigenvalue weighted by molar-refractivity contribution is 5.96. The number of piperidine rings is 1. The number of carbonyl (C=O) groups is 2. The number of anilines is 2. The highest BCUT2D eigenvalue weighted by atomic mass is 19.4. The fraction of sp³-hybridized carbons (Fsp3) is 0.579.